The van der Waals surface area contributed by atoms with Crippen molar-refractivity contribution in [2.75, 3.05) is 29.7 Å². The average molecular weight is 492 g/mol. The van der Waals surface area contributed by atoms with Gasteiger partial charge in [0.15, 0.2) is 0 Å². The lowest BCUT2D eigenvalue weighted by atomic mass is 10.0. The SMILES string of the molecule is Cc1ccc([C@H](CNS(=O)(=O)c2ccc(N3C(=O)CCS3(=O)=O)cc2)N2CCCCC2)cc1. The number of hydrogen-bond acceptors (Lipinski definition) is 6. The summed E-state index contributed by atoms with van der Waals surface area (Å²) < 4.78 is 53.7. The first kappa shape index (κ1) is 23.9. The van der Waals surface area contributed by atoms with Gasteiger partial charge in [0, 0.05) is 19.0 Å². The first-order valence-electron chi connectivity index (χ1n) is 11.1. The molecule has 0 aromatic heterocycles. The van der Waals surface area contributed by atoms with Crippen LogP contribution in [0.25, 0.3) is 0 Å². The maximum absolute atomic E-state index is 13.0. The summed E-state index contributed by atoms with van der Waals surface area (Å²) in [4.78, 5) is 14.3. The molecule has 33 heavy (non-hydrogen) atoms. The molecule has 0 spiro atoms. The van der Waals surface area contributed by atoms with Gasteiger partial charge in [-0.2, -0.15) is 0 Å². The van der Waals surface area contributed by atoms with Crippen LogP contribution in [0, 0.1) is 6.92 Å². The summed E-state index contributed by atoms with van der Waals surface area (Å²) in [6, 6.07) is 13.5. The maximum Gasteiger partial charge on any atom is 0.242 e. The highest BCUT2D eigenvalue weighted by Crippen LogP contribution is 2.27. The minimum atomic E-state index is -3.82. The Morgan fingerprint density at radius 3 is 2.18 bits per heavy atom. The second-order valence-electron chi connectivity index (χ2n) is 8.59. The third-order valence-corrected chi connectivity index (χ3v) is 9.35. The largest absolute Gasteiger partial charge is 0.295 e. The Morgan fingerprint density at radius 1 is 0.970 bits per heavy atom. The number of nitrogens with zero attached hydrogens (tertiary/aromatic N) is 2. The predicted molar refractivity (Wildman–Crippen MR) is 127 cm³/mol. The van der Waals surface area contributed by atoms with E-state index in [1.807, 2.05) is 31.2 Å². The fraction of sp³-hybridized carbons (Fsp3) is 0.435. The number of rotatable bonds is 7. The molecule has 8 nitrogen and oxygen atoms in total. The van der Waals surface area contributed by atoms with Gasteiger partial charge in [-0.3, -0.25) is 9.69 Å². The van der Waals surface area contributed by atoms with Crippen LogP contribution in [0.2, 0.25) is 0 Å². The van der Waals surface area contributed by atoms with Gasteiger partial charge in [-0.25, -0.2) is 25.9 Å². The number of nitrogens with one attached hydrogen (secondary N) is 1. The highest BCUT2D eigenvalue weighted by molar-refractivity contribution is 7.94. The molecule has 178 valence electrons. The van der Waals surface area contributed by atoms with Gasteiger partial charge in [0.1, 0.15) is 0 Å². The smallest absolute Gasteiger partial charge is 0.242 e. The minimum Gasteiger partial charge on any atom is -0.295 e. The Balaban J connectivity index is 1.51. The van der Waals surface area contributed by atoms with Crippen molar-refractivity contribution in [2.24, 2.45) is 0 Å². The van der Waals surface area contributed by atoms with Gasteiger partial charge >= 0.3 is 0 Å². The van der Waals surface area contributed by atoms with Crippen molar-refractivity contribution >= 4 is 31.6 Å². The maximum atomic E-state index is 13.0. The second-order valence-corrected chi connectivity index (χ2v) is 12.3. The van der Waals surface area contributed by atoms with E-state index in [4.69, 9.17) is 0 Å². The molecule has 4 rings (SSSR count). The molecule has 0 saturated carbocycles. The summed E-state index contributed by atoms with van der Waals surface area (Å²) in [7, 11) is -7.51. The summed E-state index contributed by atoms with van der Waals surface area (Å²) in [5, 5.41) is 0. The second kappa shape index (κ2) is 9.54. The van der Waals surface area contributed by atoms with Crippen LogP contribution in [0.3, 0.4) is 0 Å². The van der Waals surface area contributed by atoms with E-state index in [1.54, 1.807) is 0 Å². The molecule has 1 N–H and O–H groups in total. The fourth-order valence-electron chi connectivity index (χ4n) is 4.38. The zero-order chi connectivity index (χ0) is 23.6. The van der Waals surface area contributed by atoms with Gasteiger partial charge in [0.05, 0.1) is 16.3 Å². The molecule has 2 aromatic carbocycles. The summed E-state index contributed by atoms with van der Waals surface area (Å²) >= 11 is 0. The Hall–Kier alpha value is -2.27. The van der Waals surface area contributed by atoms with Gasteiger partial charge in [0.25, 0.3) is 0 Å². The summed E-state index contributed by atoms with van der Waals surface area (Å²) in [6.45, 7) is 4.10. The van der Waals surface area contributed by atoms with E-state index < -0.39 is 26.0 Å². The number of sulfonamides is 2. The topological polar surface area (TPSA) is 104 Å². The van der Waals surface area contributed by atoms with E-state index in [0.717, 1.165) is 41.4 Å². The number of piperidine rings is 1. The Labute approximate surface area is 195 Å². The molecule has 2 aromatic rings. The molecule has 2 fully saturated rings. The van der Waals surface area contributed by atoms with Crippen molar-refractivity contribution in [3.63, 3.8) is 0 Å². The predicted octanol–water partition coefficient (Wildman–Crippen LogP) is 2.57. The molecule has 2 heterocycles. The molecular formula is C23H29N3O5S2. The molecule has 2 aliphatic rings. The molecule has 0 aliphatic carbocycles. The number of likely N-dealkylation sites (tertiary alicyclic amines) is 1. The zero-order valence-electron chi connectivity index (χ0n) is 18.6. The molecule has 10 heteroatoms. The van der Waals surface area contributed by atoms with Crippen LogP contribution in [0.15, 0.2) is 53.4 Å². The van der Waals surface area contributed by atoms with Crippen LogP contribution < -0.4 is 9.03 Å². The number of aryl methyl sites for hydroxylation is 1. The molecule has 2 aliphatic heterocycles. The first-order chi connectivity index (χ1) is 15.7. The first-order valence-corrected chi connectivity index (χ1v) is 14.2. The highest BCUT2D eigenvalue weighted by Gasteiger charge is 2.36. The number of benzene rings is 2. The zero-order valence-corrected chi connectivity index (χ0v) is 20.2. The quantitative estimate of drug-likeness (QED) is 0.639. The molecular weight excluding hydrogens is 462 g/mol. The molecule has 0 bridgehead atoms. The number of amides is 1. The third kappa shape index (κ3) is 5.29. The monoisotopic (exact) mass is 491 g/mol. The lowest BCUT2D eigenvalue weighted by Gasteiger charge is -2.35. The van der Waals surface area contributed by atoms with Crippen LogP contribution in [0.5, 0.6) is 0 Å². The van der Waals surface area contributed by atoms with Gasteiger partial charge in [-0.05, 0) is 62.7 Å². The van der Waals surface area contributed by atoms with E-state index in [-0.39, 0.29) is 35.3 Å². The highest BCUT2D eigenvalue weighted by atomic mass is 32.2. The van der Waals surface area contributed by atoms with Crippen molar-refractivity contribution in [1.29, 1.82) is 0 Å². The molecule has 2 saturated heterocycles. The number of carbonyl (C=O) groups excluding carboxylic acids is 1. The van der Waals surface area contributed by atoms with E-state index in [2.05, 4.69) is 9.62 Å². The average Bonchev–Trinajstić information content (AvgIpc) is 3.08. The Morgan fingerprint density at radius 2 is 1.61 bits per heavy atom. The van der Waals surface area contributed by atoms with E-state index >= 15 is 0 Å². The van der Waals surface area contributed by atoms with Crippen molar-refractivity contribution in [3.8, 4) is 0 Å². The van der Waals surface area contributed by atoms with Crippen LogP contribution in [0.4, 0.5) is 5.69 Å². The van der Waals surface area contributed by atoms with Gasteiger partial charge in [0.2, 0.25) is 26.0 Å². The van der Waals surface area contributed by atoms with Crippen molar-refractivity contribution < 1.29 is 21.6 Å². The molecule has 1 atom stereocenters. The number of anilines is 1. The number of hydrogen-bond donors (Lipinski definition) is 1. The van der Waals surface area contributed by atoms with Crippen molar-refractivity contribution in [3.05, 3.63) is 59.7 Å². The van der Waals surface area contributed by atoms with Crippen LogP contribution in [0.1, 0.15) is 42.9 Å². The van der Waals surface area contributed by atoms with E-state index in [1.165, 1.54) is 30.7 Å². The van der Waals surface area contributed by atoms with Crippen molar-refractivity contribution in [2.45, 2.75) is 43.5 Å². The Bertz CT molecular complexity index is 1200. The molecule has 1 amide bonds. The minimum absolute atomic E-state index is 0.0246. The Kier molecular flexibility index (Phi) is 6.90. The van der Waals surface area contributed by atoms with Gasteiger partial charge in [-0.1, -0.05) is 36.2 Å². The summed E-state index contributed by atoms with van der Waals surface area (Å²) in [5.41, 5.74) is 2.37. The molecule has 0 radical (unpaired) electrons. The fourth-order valence-corrected chi connectivity index (χ4v) is 6.88. The molecule has 0 unspecified atom stereocenters. The van der Waals surface area contributed by atoms with E-state index in [0.29, 0.717) is 0 Å². The lowest BCUT2D eigenvalue weighted by molar-refractivity contribution is -0.116. The van der Waals surface area contributed by atoms with Crippen LogP contribution in [-0.2, 0) is 24.8 Å². The van der Waals surface area contributed by atoms with Crippen LogP contribution in [-0.4, -0.2) is 53.0 Å². The van der Waals surface area contributed by atoms with Crippen molar-refractivity contribution in [1.82, 2.24) is 9.62 Å². The number of carbonyl (C=O) groups is 1. The standard InChI is InChI=1S/C23H29N3O5S2/c1-18-5-7-19(8-6-18)22(25-14-3-2-4-15-25)17-24-33(30,31)21-11-9-20(10-12-21)26-23(27)13-16-32(26,28)29/h5-12,22,24H,2-4,13-17H2,1H3/t22-/m0/s1. The third-order valence-electron chi connectivity index (χ3n) is 6.22. The van der Waals surface area contributed by atoms with E-state index in [9.17, 15) is 21.6 Å². The summed E-state index contributed by atoms with van der Waals surface area (Å²) in [6.07, 6.45) is 3.30. The lowest BCUT2D eigenvalue weighted by Crippen LogP contribution is -2.40. The van der Waals surface area contributed by atoms with Gasteiger partial charge < -0.3 is 0 Å². The van der Waals surface area contributed by atoms with Crippen LogP contribution >= 0.6 is 0 Å². The summed E-state index contributed by atoms with van der Waals surface area (Å²) in [5.74, 6) is -0.740. The normalized spacial score (nSPS) is 20.2. The van der Waals surface area contributed by atoms with Gasteiger partial charge in [-0.15, -0.1) is 0 Å².